The molecule has 2 N–H and O–H groups in total. The van der Waals surface area contributed by atoms with Crippen LogP contribution in [0.2, 0.25) is 0 Å². The molecule has 18 heavy (non-hydrogen) atoms. The smallest absolute Gasteiger partial charge is 0.253 e. The fraction of sp³-hybridized carbons (Fsp3) is 0.429. The lowest BCUT2D eigenvalue weighted by Crippen LogP contribution is -2.34. The van der Waals surface area contributed by atoms with E-state index >= 15 is 0 Å². The van der Waals surface area contributed by atoms with Gasteiger partial charge >= 0.3 is 0 Å². The van der Waals surface area contributed by atoms with E-state index in [1.54, 1.807) is 29.2 Å². The summed E-state index contributed by atoms with van der Waals surface area (Å²) in [6.07, 6.45) is 0. The molecule has 4 heteroatoms. The van der Waals surface area contributed by atoms with Crippen LogP contribution in [0.1, 0.15) is 36.7 Å². The average molecular weight is 264 g/mol. The fourth-order valence-corrected chi connectivity index (χ4v) is 1.92. The van der Waals surface area contributed by atoms with Gasteiger partial charge in [0.25, 0.3) is 5.91 Å². The minimum absolute atomic E-state index is 0.0133. The van der Waals surface area contributed by atoms with Crippen molar-refractivity contribution in [1.29, 1.82) is 0 Å². The van der Waals surface area contributed by atoms with E-state index in [2.05, 4.69) is 20.8 Å². The summed E-state index contributed by atoms with van der Waals surface area (Å²) in [7, 11) is 1.81. The maximum absolute atomic E-state index is 12.2. The van der Waals surface area contributed by atoms with E-state index in [0.29, 0.717) is 17.1 Å². The predicted octanol–water partition coefficient (Wildman–Crippen LogP) is 2.44. The summed E-state index contributed by atoms with van der Waals surface area (Å²) in [5.74, 6) is 0.0133. The summed E-state index contributed by atoms with van der Waals surface area (Å²) in [5, 5.41) is 0. The minimum Gasteiger partial charge on any atom is -0.389 e. The maximum atomic E-state index is 12.2. The van der Waals surface area contributed by atoms with Crippen molar-refractivity contribution in [3.05, 3.63) is 35.4 Å². The van der Waals surface area contributed by atoms with Crippen molar-refractivity contribution in [1.82, 2.24) is 4.90 Å². The van der Waals surface area contributed by atoms with Gasteiger partial charge in [0.1, 0.15) is 4.99 Å². The molecule has 0 radical (unpaired) electrons. The van der Waals surface area contributed by atoms with Crippen LogP contribution in [0.5, 0.6) is 0 Å². The molecule has 0 aliphatic carbocycles. The Balaban J connectivity index is 2.81. The summed E-state index contributed by atoms with van der Waals surface area (Å²) in [6.45, 7) is 7.02. The van der Waals surface area contributed by atoms with Gasteiger partial charge in [0.05, 0.1) is 0 Å². The zero-order chi connectivity index (χ0) is 13.9. The number of rotatable bonds is 3. The Morgan fingerprint density at radius 3 is 2.06 bits per heavy atom. The van der Waals surface area contributed by atoms with Gasteiger partial charge in [-0.1, -0.05) is 45.1 Å². The van der Waals surface area contributed by atoms with Crippen molar-refractivity contribution in [2.24, 2.45) is 11.1 Å². The number of thiocarbonyl (C=S) groups is 1. The van der Waals surface area contributed by atoms with Crippen LogP contribution in [0.4, 0.5) is 0 Å². The summed E-state index contributed by atoms with van der Waals surface area (Å²) in [6, 6.07) is 7.08. The first-order valence-electron chi connectivity index (χ1n) is 5.86. The van der Waals surface area contributed by atoms with E-state index in [9.17, 15) is 4.79 Å². The first-order valence-corrected chi connectivity index (χ1v) is 6.27. The van der Waals surface area contributed by atoms with Gasteiger partial charge in [-0.3, -0.25) is 4.79 Å². The molecule has 1 aromatic carbocycles. The zero-order valence-corrected chi connectivity index (χ0v) is 12.2. The van der Waals surface area contributed by atoms with Gasteiger partial charge in [0.15, 0.2) is 0 Å². The lowest BCUT2D eigenvalue weighted by Gasteiger charge is -2.26. The topological polar surface area (TPSA) is 46.3 Å². The predicted molar refractivity (Wildman–Crippen MR) is 78.7 cm³/mol. The molecule has 1 amide bonds. The zero-order valence-electron chi connectivity index (χ0n) is 11.4. The number of hydrogen-bond donors (Lipinski definition) is 1. The Morgan fingerprint density at radius 2 is 1.67 bits per heavy atom. The average Bonchev–Trinajstić information content (AvgIpc) is 2.26. The van der Waals surface area contributed by atoms with Crippen LogP contribution in [0.3, 0.4) is 0 Å². The van der Waals surface area contributed by atoms with Crippen molar-refractivity contribution in [2.45, 2.75) is 20.8 Å². The second kappa shape index (κ2) is 5.48. The lowest BCUT2D eigenvalue weighted by atomic mass is 9.96. The fourth-order valence-electron chi connectivity index (χ4n) is 1.78. The van der Waals surface area contributed by atoms with Crippen LogP contribution in [-0.4, -0.2) is 29.4 Å². The second-order valence-corrected chi connectivity index (χ2v) is 6.10. The number of amides is 1. The lowest BCUT2D eigenvalue weighted by molar-refractivity contribution is 0.0745. The van der Waals surface area contributed by atoms with Gasteiger partial charge in [-0.25, -0.2) is 0 Å². The summed E-state index contributed by atoms with van der Waals surface area (Å²) in [5.41, 5.74) is 7.04. The molecule has 0 aliphatic heterocycles. The Morgan fingerprint density at radius 1 is 1.22 bits per heavy atom. The first-order chi connectivity index (χ1) is 8.20. The Kier molecular flexibility index (Phi) is 4.46. The second-order valence-electron chi connectivity index (χ2n) is 5.66. The van der Waals surface area contributed by atoms with E-state index < -0.39 is 0 Å². The quantitative estimate of drug-likeness (QED) is 0.853. The molecular weight excluding hydrogens is 244 g/mol. The SMILES string of the molecule is CN(CC(C)(C)C)C(=O)c1ccc(C(N)=S)cc1. The molecule has 0 saturated heterocycles. The molecule has 0 spiro atoms. The minimum atomic E-state index is 0.0133. The Labute approximate surface area is 114 Å². The molecule has 0 aliphatic rings. The monoisotopic (exact) mass is 264 g/mol. The molecule has 0 aromatic heterocycles. The number of carbonyl (C=O) groups is 1. The Bertz CT molecular complexity index is 446. The first kappa shape index (κ1) is 14.6. The van der Waals surface area contributed by atoms with Crippen molar-refractivity contribution in [3.8, 4) is 0 Å². The largest absolute Gasteiger partial charge is 0.389 e. The number of hydrogen-bond acceptors (Lipinski definition) is 2. The molecule has 0 atom stereocenters. The van der Waals surface area contributed by atoms with Gasteiger partial charge in [-0.15, -0.1) is 0 Å². The molecule has 0 unspecified atom stereocenters. The van der Waals surface area contributed by atoms with Crippen LogP contribution < -0.4 is 5.73 Å². The van der Waals surface area contributed by atoms with E-state index in [1.165, 1.54) is 0 Å². The van der Waals surface area contributed by atoms with Crippen LogP contribution in [0.25, 0.3) is 0 Å². The Hall–Kier alpha value is -1.42. The summed E-state index contributed by atoms with van der Waals surface area (Å²) in [4.78, 5) is 14.2. The van der Waals surface area contributed by atoms with Crippen LogP contribution in [0, 0.1) is 5.41 Å². The molecule has 1 rings (SSSR count). The molecule has 0 fully saturated rings. The molecule has 0 saturated carbocycles. The standard InChI is InChI=1S/C14H20N2OS/c1-14(2,3)9-16(4)13(17)11-7-5-10(6-8-11)12(15)18/h5-8H,9H2,1-4H3,(H2,15,18). The highest BCUT2D eigenvalue weighted by Gasteiger charge is 2.18. The van der Waals surface area contributed by atoms with Gasteiger partial charge in [0.2, 0.25) is 0 Å². The summed E-state index contributed by atoms with van der Waals surface area (Å²) < 4.78 is 0. The van der Waals surface area contributed by atoms with E-state index in [-0.39, 0.29) is 11.3 Å². The number of nitrogens with zero attached hydrogens (tertiary/aromatic N) is 1. The van der Waals surface area contributed by atoms with Gasteiger partial charge in [-0.05, 0) is 17.5 Å². The molecule has 0 bridgehead atoms. The third-order valence-corrected chi connectivity index (χ3v) is 2.71. The third-order valence-electron chi connectivity index (χ3n) is 2.47. The van der Waals surface area contributed by atoms with E-state index in [0.717, 1.165) is 5.56 Å². The normalized spacial score (nSPS) is 11.1. The molecule has 0 heterocycles. The number of benzene rings is 1. The number of carbonyl (C=O) groups excluding carboxylic acids is 1. The molecular formula is C14H20N2OS. The highest BCUT2D eigenvalue weighted by Crippen LogP contribution is 2.16. The van der Waals surface area contributed by atoms with Crippen LogP contribution >= 0.6 is 12.2 Å². The van der Waals surface area contributed by atoms with Gasteiger partial charge in [-0.2, -0.15) is 0 Å². The highest BCUT2D eigenvalue weighted by molar-refractivity contribution is 7.80. The van der Waals surface area contributed by atoms with Gasteiger partial charge < -0.3 is 10.6 Å². The van der Waals surface area contributed by atoms with E-state index in [1.807, 2.05) is 7.05 Å². The van der Waals surface area contributed by atoms with Crippen molar-refractivity contribution in [3.63, 3.8) is 0 Å². The van der Waals surface area contributed by atoms with Gasteiger partial charge in [0, 0.05) is 24.7 Å². The number of nitrogens with two attached hydrogens (primary N) is 1. The van der Waals surface area contributed by atoms with E-state index in [4.69, 9.17) is 18.0 Å². The molecule has 1 aromatic rings. The highest BCUT2D eigenvalue weighted by atomic mass is 32.1. The van der Waals surface area contributed by atoms with Crippen LogP contribution in [-0.2, 0) is 0 Å². The summed E-state index contributed by atoms with van der Waals surface area (Å²) >= 11 is 4.88. The maximum Gasteiger partial charge on any atom is 0.253 e. The molecule has 3 nitrogen and oxygen atoms in total. The van der Waals surface area contributed by atoms with Crippen molar-refractivity contribution in [2.75, 3.05) is 13.6 Å². The third kappa shape index (κ3) is 4.11. The van der Waals surface area contributed by atoms with Crippen molar-refractivity contribution >= 4 is 23.1 Å². The van der Waals surface area contributed by atoms with Crippen LogP contribution in [0.15, 0.2) is 24.3 Å². The molecule has 98 valence electrons. The van der Waals surface area contributed by atoms with Crippen molar-refractivity contribution < 1.29 is 4.79 Å².